The first-order valence-electron chi connectivity index (χ1n) is 9.17. The molecule has 28 heavy (non-hydrogen) atoms. The molecule has 2 aromatic carbocycles. The molecule has 0 radical (unpaired) electrons. The van der Waals surface area contributed by atoms with E-state index in [1.807, 2.05) is 70.2 Å². The van der Waals surface area contributed by atoms with E-state index in [1.54, 1.807) is 12.1 Å². The minimum Gasteiger partial charge on any atom is -0.489 e. The molecule has 1 amide bonds. The van der Waals surface area contributed by atoms with Gasteiger partial charge in [-0.1, -0.05) is 29.8 Å². The molecule has 6 nitrogen and oxygen atoms in total. The summed E-state index contributed by atoms with van der Waals surface area (Å²) in [4.78, 5) is 21.5. The van der Waals surface area contributed by atoms with Crippen molar-refractivity contribution in [3.63, 3.8) is 0 Å². The Bertz CT molecular complexity index is 969. The van der Waals surface area contributed by atoms with Gasteiger partial charge in [0.15, 0.2) is 0 Å². The van der Waals surface area contributed by atoms with Crippen LogP contribution in [-0.4, -0.2) is 22.0 Å². The molecule has 144 valence electrons. The maximum absolute atomic E-state index is 12.8. The first kappa shape index (κ1) is 19.4. The molecule has 1 aromatic heterocycles. The lowest BCUT2D eigenvalue weighted by Gasteiger charge is -2.15. The van der Waals surface area contributed by atoms with Gasteiger partial charge >= 0.3 is 0 Å². The first-order chi connectivity index (χ1) is 13.4. The van der Waals surface area contributed by atoms with Gasteiger partial charge in [-0.3, -0.25) is 4.79 Å². The number of rotatable bonds is 6. The van der Waals surface area contributed by atoms with Gasteiger partial charge in [0.05, 0.1) is 11.8 Å². The van der Waals surface area contributed by atoms with E-state index in [0.29, 0.717) is 23.1 Å². The van der Waals surface area contributed by atoms with Gasteiger partial charge < -0.3 is 15.4 Å². The van der Waals surface area contributed by atoms with Gasteiger partial charge in [-0.2, -0.15) is 0 Å². The average molecular weight is 376 g/mol. The normalized spacial score (nSPS) is 10.6. The molecule has 0 fully saturated rings. The Balaban J connectivity index is 1.81. The summed E-state index contributed by atoms with van der Waals surface area (Å²) in [5.74, 6) is 0.674. The molecule has 0 unspecified atom stereocenters. The van der Waals surface area contributed by atoms with E-state index in [2.05, 4.69) is 20.6 Å². The summed E-state index contributed by atoms with van der Waals surface area (Å²) in [5, 5.41) is 6.02. The monoisotopic (exact) mass is 376 g/mol. The molecule has 6 heteroatoms. The highest BCUT2D eigenvalue weighted by molar-refractivity contribution is 6.03. The lowest BCUT2D eigenvalue weighted by molar-refractivity contribution is 0.102. The van der Waals surface area contributed by atoms with Gasteiger partial charge in [0.25, 0.3) is 5.91 Å². The summed E-state index contributed by atoms with van der Waals surface area (Å²) < 4.78 is 5.76. The third-order valence-corrected chi connectivity index (χ3v) is 3.89. The number of nitrogens with one attached hydrogen (secondary N) is 2. The van der Waals surface area contributed by atoms with Gasteiger partial charge in [0.1, 0.15) is 11.4 Å². The largest absolute Gasteiger partial charge is 0.489 e. The zero-order valence-corrected chi connectivity index (χ0v) is 16.5. The van der Waals surface area contributed by atoms with Gasteiger partial charge in [-0.05, 0) is 58.0 Å². The maximum atomic E-state index is 12.8. The smallest absolute Gasteiger partial charge is 0.274 e. The van der Waals surface area contributed by atoms with Crippen molar-refractivity contribution in [1.82, 2.24) is 9.97 Å². The Morgan fingerprint density at radius 1 is 1.00 bits per heavy atom. The molecular formula is C22H24N4O2. The number of amides is 1. The Kier molecular flexibility index (Phi) is 5.89. The average Bonchev–Trinajstić information content (AvgIpc) is 2.64. The minimum absolute atomic E-state index is 0.00431. The van der Waals surface area contributed by atoms with Crippen molar-refractivity contribution in [2.45, 2.75) is 33.8 Å². The van der Waals surface area contributed by atoms with E-state index in [9.17, 15) is 4.79 Å². The van der Waals surface area contributed by atoms with Crippen LogP contribution in [0.3, 0.4) is 0 Å². The third-order valence-electron chi connectivity index (χ3n) is 3.89. The SMILES string of the molecule is Cc1ccc(Nc2nc(C)cc(C(=O)Nc3ccccc3OC(C)C)n2)cc1. The Morgan fingerprint density at radius 3 is 2.43 bits per heavy atom. The van der Waals surface area contributed by atoms with Gasteiger partial charge in [-0.25, -0.2) is 9.97 Å². The van der Waals surface area contributed by atoms with Crippen LogP contribution in [0.5, 0.6) is 5.75 Å². The molecule has 0 spiro atoms. The number of anilines is 3. The predicted molar refractivity (Wildman–Crippen MR) is 111 cm³/mol. The number of carbonyl (C=O) groups is 1. The van der Waals surface area contributed by atoms with E-state index in [4.69, 9.17) is 4.74 Å². The second-order valence-electron chi connectivity index (χ2n) is 6.83. The second-order valence-corrected chi connectivity index (χ2v) is 6.83. The molecule has 3 aromatic rings. The summed E-state index contributed by atoms with van der Waals surface area (Å²) in [6.45, 7) is 7.73. The van der Waals surface area contributed by atoms with Gasteiger partial charge in [-0.15, -0.1) is 0 Å². The molecule has 0 aliphatic heterocycles. The van der Waals surface area contributed by atoms with E-state index < -0.39 is 0 Å². The molecule has 0 bridgehead atoms. The Labute approximate surface area is 165 Å². The predicted octanol–water partition coefficient (Wildman–Crippen LogP) is 4.88. The van der Waals surface area contributed by atoms with Crippen LogP contribution in [0.2, 0.25) is 0 Å². The van der Waals surface area contributed by atoms with Crippen LogP contribution >= 0.6 is 0 Å². The van der Waals surface area contributed by atoms with Crippen molar-refractivity contribution in [2.75, 3.05) is 10.6 Å². The zero-order chi connectivity index (χ0) is 20.1. The number of para-hydroxylation sites is 2. The number of aromatic nitrogens is 2. The van der Waals surface area contributed by atoms with Crippen LogP contribution < -0.4 is 15.4 Å². The molecule has 0 aliphatic rings. The van der Waals surface area contributed by atoms with Crippen LogP contribution in [0.4, 0.5) is 17.3 Å². The van der Waals surface area contributed by atoms with Crippen LogP contribution in [-0.2, 0) is 0 Å². The summed E-state index contributed by atoms with van der Waals surface area (Å²) in [6, 6.07) is 16.9. The van der Waals surface area contributed by atoms with E-state index in [-0.39, 0.29) is 17.7 Å². The fourth-order valence-electron chi connectivity index (χ4n) is 2.62. The summed E-state index contributed by atoms with van der Waals surface area (Å²) in [7, 11) is 0. The Morgan fingerprint density at radius 2 is 1.71 bits per heavy atom. The molecule has 0 aliphatic carbocycles. The van der Waals surface area contributed by atoms with Crippen LogP contribution in [0.15, 0.2) is 54.6 Å². The summed E-state index contributed by atoms with van der Waals surface area (Å²) in [5.41, 5.74) is 3.60. The van der Waals surface area contributed by atoms with E-state index in [1.165, 1.54) is 0 Å². The number of nitrogens with zero attached hydrogens (tertiary/aromatic N) is 2. The van der Waals surface area contributed by atoms with Crippen LogP contribution in [0.1, 0.15) is 35.6 Å². The topological polar surface area (TPSA) is 76.1 Å². The number of carbonyl (C=O) groups excluding carboxylic acids is 1. The molecule has 1 heterocycles. The molecule has 3 rings (SSSR count). The zero-order valence-electron chi connectivity index (χ0n) is 16.5. The van der Waals surface area contributed by atoms with Gasteiger partial charge in [0.2, 0.25) is 5.95 Å². The van der Waals surface area contributed by atoms with Crippen molar-refractivity contribution in [3.05, 3.63) is 71.5 Å². The molecule has 0 saturated heterocycles. The number of aryl methyl sites for hydroxylation is 2. The van der Waals surface area contributed by atoms with Crippen molar-refractivity contribution in [1.29, 1.82) is 0 Å². The first-order valence-corrected chi connectivity index (χ1v) is 9.17. The lowest BCUT2D eigenvalue weighted by Crippen LogP contribution is -2.17. The highest BCUT2D eigenvalue weighted by Gasteiger charge is 2.14. The summed E-state index contributed by atoms with van der Waals surface area (Å²) in [6.07, 6.45) is 0.00431. The fraction of sp³-hybridized carbons (Fsp3) is 0.227. The molecular weight excluding hydrogens is 352 g/mol. The fourth-order valence-corrected chi connectivity index (χ4v) is 2.62. The number of hydrogen-bond donors (Lipinski definition) is 2. The molecule has 0 atom stereocenters. The number of hydrogen-bond acceptors (Lipinski definition) is 5. The second kappa shape index (κ2) is 8.52. The van der Waals surface area contributed by atoms with Crippen molar-refractivity contribution >= 4 is 23.2 Å². The highest BCUT2D eigenvalue weighted by Crippen LogP contribution is 2.25. The van der Waals surface area contributed by atoms with Crippen LogP contribution in [0, 0.1) is 13.8 Å². The lowest BCUT2D eigenvalue weighted by atomic mass is 10.2. The quantitative estimate of drug-likeness (QED) is 0.641. The van der Waals surface area contributed by atoms with Gasteiger partial charge in [0, 0.05) is 11.4 Å². The molecule has 0 saturated carbocycles. The minimum atomic E-state index is -0.322. The number of benzene rings is 2. The summed E-state index contributed by atoms with van der Waals surface area (Å²) >= 11 is 0. The van der Waals surface area contributed by atoms with Crippen molar-refractivity contribution in [2.24, 2.45) is 0 Å². The Hall–Kier alpha value is -3.41. The molecule has 2 N–H and O–H groups in total. The standard InChI is InChI=1S/C22H24N4O2/c1-14(2)28-20-8-6-5-7-18(20)25-21(27)19-13-16(4)23-22(26-19)24-17-11-9-15(3)10-12-17/h5-14H,1-4H3,(H,25,27)(H,23,24,26). The highest BCUT2D eigenvalue weighted by atomic mass is 16.5. The van der Waals surface area contributed by atoms with Crippen molar-refractivity contribution in [3.8, 4) is 5.75 Å². The van der Waals surface area contributed by atoms with Crippen LogP contribution in [0.25, 0.3) is 0 Å². The maximum Gasteiger partial charge on any atom is 0.274 e. The third kappa shape index (κ3) is 5.07. The van der Waals surface area contributed by atoms with E-state index in [0.717, 1.165) is 11.3 Å². The van der Waals surface area contributed by atoms with E-state index >= 15 is 0 Å². The van der Waals surface area contributed by atoms with Crippen molar-refractivity contribution < 1.29 is 9.53 Å². The number of ether oxygens (including phenoxy) is 1.